The van der Waals surface area contributed by atoms with E-state index in [1.165, 1.54) is 4.31 Å². The van der Waals surface area contributed by atoms with Gasteiger partial charge in [0.15, 0.2) is 6.10 Å². The number of rotatable bonds is 5. The zero-order valence-electron chi connectivity index (χ0n) is 18.3. The number of carbonyl (C=O) groups excluding carboxylic acids is 1. The molecule has 0 radical (unpaired) electrons. The number of ether oxygens (including phenoxy) is 1. The Hall–Kier alpha value is -2.23. The van der Waals surface area contributed by atoms with E-state index in [2.05, 4.69) is 4.98 Å². The molecule has 168 valence electrons. The zero-order valence-corrected chi connectivity index (χ0v) is 19.1. The van der Waals surface area contributed by atoms with E-state index in [0.717, 1.165) is 11.4 Å². The summed E-state index contributed by atoms with van der Waals surface area (Å²) >= 11 is 0. The normalized spacial score (nSPS) is 21.1. The van der Waals surface area contributed by atoms with Gasteiger partial charge in [0.25, 0.3) is 5.91 Å². The average molecular weight is 447 g/mol. The highest BCUT2D eigenvalue weighted by Crippen LogP contribution is 2.41. The molecule has 9 heteroatoms. The lowest BCUT2D eigenvalue weighted by atomic mass is 9.89. The predicted molar refractivity (Wildman–Crippen MR) is 116 cm³/mol. The number of imidazole rings is 1. The second kappa shape index (κ2) is 8.37. The summed E-state index contributed by atoms with van der Waals surface area (Å²) in [7, 11) is -3.59. The van der Waals surface area contributed by atoms with Gasteiger partial charge in [-0.05, 0) is 45.2 Å². The van der Waals surface area contributed by atoms with Crippen LogP contribution in [0.3, 0.4) is 0 Å². The van der Waals surface area contributed by atoms with Gasteiger partial charge in [0.1, 0.15) is 11.4 Å². The van der Waals surface area contributed by atoms with Gasteiger partial charge < -0.3 is 14.2 Å². The number of aryl methyl sites for hydroxylation is 1. The third-order valence-corrected chi connectivity index (χ3v) is 8.50. The maximum atomic E-state index is 13.2. The van der Waals surface area contributed by atoms with Gasteiger partial charge >= 0.3 is 0 Å². The van der Waals surface area contributed by atoms with E-state index in [0.29, 0.717) is 50.5 Å². The lowest BCUT2D eigenvalue weighted by Crippen LogP contribution is -2.55. The van der Waals surface area contributed by atoms with Crippen molar-refractivity contribution in [3.05, 3.63) is 48.0 Å². The van der Waals surface area contributed by atoms with E-state index < -0.39 is 21.7 Å². The van der Waals surface area contributed by atoms with Crippen LogP contribution in [-0.4, -0.2) is 65.4 Å². The quantitative estimate of drug-likeness (QED) is 0.703. The summed E-state index contributed by atoms with van der Waals surface area (Å²) in [6, 6.07) is 7.04. The first-order valence-corrected chi connectivity index (χ1v) is 12.3. The number of benzene rings is 1. The Morgan fingerprint density at radius 3 is 2.55 bits per heavy atom. The van der Waals surface area contributed by atoms with Crippen molar-refractivity contribution in [3.63, 3.8) is 0 Å². The molecule has 4 rings (SSSR count). The Bertz CT molecular complexity index is 1050. The molecule has 0 aliphatic carbocycles. The smallest absolute Gasteiger partial charge is 0.253 e. The summed E-state index contributed by atoms with van der Waals surface area (Å²) in [5, 5.41) is 0. The van der Waals surface area contributed by atoms with Crippen molar-refractivity contribution in [2.45, 2.75) is 56.8 Å². The number of carbonyl (C=O) groups is 1. The molecule has 1 saturated heterocycles. The maximum absolute atomic E-state index is 13.2. The number of nitrogens with zero attached hydrogens (tertiary/aromatic N) is 4. The van der Waals surface area contributed by atoms with Crippen molar-refractivity contribution in [3.8, 4) is 0 Å². The molecule has 1 aromatic heterocycles. The van der Waals surface area contributed by atoms with Crippen molar-refractivity contribution in [1.82, 2.24) is 18.8 Å². The van der Waals surface area contributed by atoms with Crippen LogP contribution in [-0.2, 0) is 31.7 Å². The minimum atomic E-state index is -3.59. The average Bonchev–Trinajstić information content (AvgIpc) is 3.25. The van der Waals surface area contributed by atoms with Crippen molar-refractivity contribution in [1.29, 1.82) is 0 Å². The van der Waals surface area contributed by atoms with Gasteiger partial charge in [0.2, 0.25) is 10.0 Å². The standard InChI is InChI=1S/C22H30N4O4S/c1-4-24(5-2)20(27)18-16-25-15-12-23-21(25)22(30-18)10-13-26(14-11-22)31(28,29)19-9-7-6-8-17(19)3/h6-9,12,15,18H,4-5,10-11,13-14,16H2,1-3H3. The van der Waals surface area contributed by atoms with Crippen LogP contribution in [0.15, 0.2) is 41.6 Å². The fourth-order valence-electron chi connectivity index (χ4n) is 4.68. The number of piperidine rings is 1. The third kappa shape index (κ3) is 3.79. The van der Waals surface area contributed by atoms with Crippen LogP contribution in [0, 0.1) is 6.92 Å². The van der Waals surface area contributed by atoms with Gasteiger partial charge in [0, 0.05) is 38.6 Å². The molecule has 1 unspecified atom stereocenters. The lowest BCUT2D eigenvalue weighted by Gasteiger charge is -2.45. The summed E-state index contributed by atoms with van der Waals surface area (Å²) in [5.41, 5.74) is -0.0235. The first kappa shape index (κ1) is 22.0. The molecule has 2 aromatic rings. The Balaban J connectivity index is 1.58. The molecule has 8 nitrogen and oxygen atoms in total. The molecule has 1 amide bonds. The number of likely N-dealkylation sites (N-methyl/N-ethyl adjacent to an activating group) is 1. The van der Waals surface area contributed by atoms with Crippen LogP contribution in [0.25, 0.3) is 0 Å². The van der Waals surface area contributed by atoms with Crippen LogP contribution in [0.2, 0.25) is 0 Å². The molecule has 0 N–H and O–H groups in total. The van der Waals surface area contributed by atoms with Crippen LogP contribution in [0.1, 0.15) is 38.1 Å². The Morgan fingerprint density at radius 2 is 1.90 bits per heavy atom. The molecule has 0 saturated carbocycles. The van der Waals surface area contributed by atoms with Gasteiger partial charge in [-0.1, -0.05) is 18.2 Å². The topological polar surface area (TPSA) is 84.7 Å². The number of fused-ring (bicyclic) bond motifs is 2. The van der Waals surface area contributed by atoms with Gasteiger partial charge in [-0.3, -0.25) is 4.79 Å². The Labute approximate surface area is 183 Å². The molecule has 1 fully saturated rings. The van der Waals surface area contributed by atoms with Crippen molar-refractivity contribution in [2.24, 2.45) is 0 Å². The molecule has 2 aliphatic heterocycles. The van der Waals surface area contributed by atoms with Crippen LogP contribution in [0.5, 0.6) is 0 Å². The highest BCUT2D eigenvalue weighted by Gasteiger charge is 2.49. The Morgan fingerprint density at radius 1 is 1.23 bits per heavy atom. The van der Waals surface area contributed by atoms with Crippen LogP contribution < -0.4 is 0 Å². The van der Waals surface area contributed by atoms with Gasteiger partial charge in [-0.25, -0.2) is 13.4 Å². The largest absolute Gasteiger partial charge is 0.352 e. The monoisotopic (exact) mass is 446 g/mol. The number of hydrogen-bond donors (Lipinski definition) is 0. The number of aromatic nitrogens is 2. The first-order chi connectivity index (χ1) is 14.8. The summed E-state index contributed by atoms with van der Waals surface area (Å²) in [4.78, 5) is 19.7. The first-order valence-electron chi connectivity index (χ1n) is 10.9. The molecular formula is C22H30N4O4S. The number of amides is 1. The summed E-state index contributed by atoms with van der Waals surface area (Å²) < 4.78 is 36.4. The summed E-state index contributed by atoms with van der Waals surface area (Å²) in [5.74, 6) is 0.753. The third-order valence-electron chi connectivity index (χ3n) is 6.45. The summed E-state index contributed by atoms with van der Waals surface area (Å²) in [6.07, 6.45) is 3.91. The van der Waals surface area contributed by atoms with Gasteiger partial charge in [-0.2, -0.15) is 4.31 Å². The molecule has 1 spiro atoms. The molecule has 31 heavy (non-hydrogen) atoms. The van der Waals surface area contributed by atoms with Gasteiger partial charge in [-0.15, -0.1) is 0 Å². The lowest BCUT2D eigenvalue weighted by molar-refractivity contribution is -0.178. The Kier molecular flexibility index (Phi) is 5.93. The summed E-state index contributed by atoms with van der Waals surface area (Å²) in [6.45, 7) is 8.03. The molecule has 1 atom stereocenters. The molecule has 0 bridgehead atoms. The maximum Gasteiger partial charge on any atom is 0.253 e. The van der Waals surface area contributed by atoms with E-state index in [1.807, 2.05) is 43.7 Å². The van der Waals surface area contributed by atoms with E-state index >= 15 is 0 Å². The van der Waals surface area contributed by atoms with Crippen molar-refractivity contribution >= 4 is 15.9 Å². The van der Waals surface area contributed by atoms with E-state index in [-0.39, 0.29) is 5.91 Å². The van der Waals surface area contributed by atoms with Crippen molar-refractivity contribution in [2.75, 3.05) is 26.2 Å². The molecule has 3 heterocycles. The second-order valence-corrected chi connectivity index (χ2v) is 10.1. The highest BCUT2D eigenvalue weighted by atomic mass is 32.2. The number of hydrogen-bond acceptors (Lipinski definition) is 5. The predicted octanol–water partition coefficient (Wildman–Crippen LogP) is 2.14. The van der Waals surface area contributed by atoms with Gasteiger partial charge in [0.05, 0.1) is 11.4 Å². The number of sulfonamides is 1. The van der Waals surface area contributed by atoms with Crippen molar-refractivity contribution < 1.29 is 17.9 Å². The fourth-order valence-corrected chi connectivity index (χ4v) is 6.35. The molecule has 1 aromatic carbocycles. The molecular weight excluding hydrogens is 416 g/mol. The van der Waals surface area contributed by atoms with E-state index in [9.17, 15) is 13.2 Å². The minimum Gasteiger partial charge on any atom is -0.352 e. The van der Waals surface area contributed by atoms with Crippen LogP contribution >= 0.6 is 0 Å². The van der Waals surface area contributed by atoms with E-state index in [4.69, 9.17) is 4.74 Å². The SMILES string of the molecule is CCN(CC)C(=O)C1Cn2ccnc2C2(CCN(S(=O)(=O)c3ccccc3C)CC2)O1. The molecule has 2 aliphatic rings. The second-order valence-electron chi connectivity index (χ2n) is 8.18. The minimum absolute atomic E-state index is 0.0290. The fraction of sp³-hybridized carbons (Fsp3) is 0.545. The van der Waals surface area contributed by atoms with Crippen LogP contribution in [0.4, 0.5) is 0 Å². The zero-order chi connectivity index (χ0) is 22.2. The van der Waals surface area contributed by atoms with E-state index in [1.54, 1.807) is 23.2 Å². The highest BCUT2D eigenvalue weighted by molar-refractivity contribution is 7.89.